The van der Waals surface area contributed by atoms with E-state index in [0.29, 0.717) is 5.95 Å². The van der Waals surface area contributed by atoms with E-state index >= 15 is 0 Å². The quantitative estimate of drug-likeness (QED) is 0.121. The minimum Gasteiger partial charge on any atom is -0.309 e. The van der Waals surface area contributed by atoms with Crippen LogP contribution in [-0.4, -0.2) is 52.3 Å². The maximum Gasteiger partial charge on any atom is 0.234 e. The second-order valence-electron chi connectivity index (χ2n) is 33.5. The molecule has 0 N–H and O–H groups in total. The van der Waals surface area contributed by atoms with Crippen LogP contribution in [-0.2, 0) is 0 Å². The van der Waals surface area contributed by atoms with Gasteiger partial charge in [-0.05, 0) is 150 Å². The van der Waals surface area contributed by atoms with E-state index < -0.39 is 0 Å². The van der Waals surface area contributed by atoms with E-state index in [0.717, 1.165) is 123 Å². The highest BCUT2D eigenvalue weighted by Gasteiger charge is 2.24. The van der Waals surface area contributed by atoms with Gasteiger partial charge in [0.2, 0.25) is 5.95 Å². The summed E-state index contributed by atoms with van der Waals surface area (Å²) in [5, 5.41) is 14.7. The molecule has 0 saturated carbocycles. The first-order chi connectivity index (χ1) is 65.5. The number of para-hydroxylation sites is 9. The van der Waals surface area contributed by atoms with Gasteiger partial charge >= 0.3 is 0 Å². The summed E-state index contributed by atoms with van der Waals surface area (Å²) < 4.78 is 13.8. The third-order valence-corrected chi connectivity index (χ3v) is 26.0. The minimum absolute atomic E-state index is 0.621. The van der Waals surface area contributed by atoms with Crippen molar-refractivity contribution < 1.29 is 0 Å². The van der Waals surface area contributed by atoms with E-state index in [4.69, 9.17) is 24.9 Å². The molecule has 0 radical (unpaired) electrons. The van der Waals surface area contributed by atoms with Crippen LogP contribution in [0.25, 0.3) is 233 Å². The molecule has 27 aromatic rings. The molecular formula is C121H79N11. The second kappa shape index (κ2) is 32.2. The van der Waals surface area contributed by atoms with Gasteiger partial charge in [0.1, 0.15) is 0 Å². The number of rotatable bonds is 12. The molecule has 17 aromatic carbocycles. The summed E-state index contributed by atoms with van der Waals surface area (Å²) >= 11 is 0. The van der Waals surface area contributed by atoms with Crippen LogP contribution in [0.1, 0.15) is 0 Å². The Morgan fingerprint density at radius 1 is 0.144 bits per heavy atom. The Bertz CT molecular complexity index is 8570. The molecule has 132 heavy (non-hydrogen) atoms. The molecule has 0 bridgehead atoms. The van der Waals surface area contributed by atoms with Gasteiger partial charge in [0.15, 0.2) is 0 Å². The topological polar surface area (TPSA) is 94.0 Å². The normalized spacial score (nSPS) is 11.6. The molecular weight excluding hydrogens is 1610 g/mol. The largest absolute Gasteiger partial charge is 0.309 e. The van der Waals surface area contributed by atoms with E-state index in [1.807, 2.05) is 49.1 Å². The summed E-state index contributed by atoms with van der Waals surface area (Å²) in [5.74, 6) is 0.621. The van der Waals surface area contributed by atoms with Gasteiger partial charge < -0.3 is 22.8 Å². The summed E-state index contributed by atoms with van der Waals surface area (Å²) in [6, 6.07) is 161. The summed E-state index contributed by atoms with van der Waals surface area (Å²) in [6.45, 7) is 0. The highest BCUT2D eigenvalue weighted by Crippen LogP contribution is 2.44. The molecule has 0 aliphatic heterocycles. The lowest BCUT2D eigenvalue weighted by molar-refractivity contribution is 0.987. The molecule has 0 fully saturated rings. The zero-order valence-electron chi connectivity index (χ0n) is 71.5. The molecule has 0 unspecified atom stereocenters. The first kappa shape index (κ1) is 76.5. The van der Waals surface area contributed by atoms with Crippen LogP contribution in [0, 0.1) is 0 Å². The van der Waals surface area contributed by atoms with Crippen molar-refractivity contribution in [2.75, 3.05) is 0 Å². The lowest BCUT2D eigenvalue weighted by atomic mass is 10.0. The molecule has 0 amide bonds. The van der Waals surface area contributed by atoms with Crippen LogP contribution < -0.4 is 0 Å². The molecule has 27 rings (SSSR count). The molecule has 0 saturated heterocycles. The molecule has 0 atom stereocenters. The molecule has 618 valence electrons. The molecule has 11 heteroatoms. The fourth-order valence-corrected chi connectivity index (χ4v) is 19.9. The molecule has 11 nitrogen and oxygen atoms in total. The van der Waals surface area contributed by atoms with Crippen molar-refractivity contribution in [1.82, 2.24) is 52.3 Å². The SMILES string of the molecule is c1ccc(-c2cc3c4ccccc4n(-c4ccc(-c5ccc(-n6c7ccccc7c7ccccc76)cc5)cc4)c3cn2)cc1.c1ccc(-c2cc3c4ccccc4n(-c4ccc(-n5c6ccccc6c6ccccc65)cc4)c3c(-c3ccccc3)n2)cc1.c1ccc(-c2cc3c4ccccc4n(-c4ncc(-c5ccc(-n6c7ccccc7c7ccccc76)cc5)cn4)c3cn2)cc1. The van der Waals surface area contributed by atoms with Gasteiger partial charge in [0.25, 0.3) is 0 Å². The van der Waals surface area contributed by atoms with Crippen molar-refractivity contribution in [3.63, 3.8) is 0 Å². The van der Waals surface area contributed by atoms with E-state index in [9.17, 15) is 0 Å². The van der Waals surface area contributed by atoms with E-state index in [1.165, 1.54) is 104 Å². The van der Waals surface area contributed by atoms with Gasteiger partial charge in [0.05, 0.1) is 101 Å². The molecule has 0 aliphatic rings. The van der Waals surface area contributed by atoms with Crippen LogP contribution in [0.15, 0.2) is 480 Å². The van der Waals surface area contributed by atoms with Crippen molar-refractivity contribution in [3.8, 4) is 102 Å². The minimum atomic E-state index is 0.621. The third-order valence-electron chi connectivity index (χ3n) is 26.0. The summed E-state index contributed by atoms with van der Waals surface area (Å²) in [7, 11) is 0. The van der Waals surface area contributed by atoms with Gasteiger partial charge in [-0.2, -0.15) is 0 Å². The van der Waals surface area contributed by atoms with Gasteiger partial charge in [-0.1, -0.05) is 322 Å². The molecule has 0 aliphatic carbocycles. The molecule has 0 spiro atoms. The number of fused-ring (bicyclic) bond motifs is 18. The van der Waals surface area contributed by atoms with E-state index in [2.05, 4.69) is 458 Å². The van der Waals surface area contributed by atoms with Crippen molar-refractivity contribution in [2.45, 2.75) is 0 Å². The van der Waals surface area contributed by atoms with Crippen LogP contribution in [0.5, 0.6) is 0 Å². The number of nitrogens with zero attached hydrogens (tertiary/aromatic N) is 11. The summed E-state index contributed by atoms with van der Waals surface area (Å²) in [6.07, 6.45) is 7.76. The zero-order chi connectivity index (χ0) is 87.1. The van der Waals surface area contributed by atoms with Crippen LogP contribution in [0.4, 0.5) is 0 Å². The van der Waals surface area contributed by atoms with Crippen molar-refractivity contribution >= 4 is 131 Å². The predicted octanol–water partition coefficient (Wildman–Crippen LogP) is 30.6. The Kier molecular flexibility index (Phi) is 18.7. The standard InChI is InChI=1S/2C41H27N3.C39H25N5/c1-3-13-28(14-4-1)36-27-35-34-19-9-12-22-39(34)44(41(35)40(42-36)29-15-5-2-6-16-29)31-25-23-30(24-26-31)43-37-20-10-7-17-32(37)33-18-8-11-21-38(33)43;1-2-10-30(11-3-1)37-26-36-35-14-6-9-17-40(35)44(41(36)27-42-37)32-24-20-29(21-25-32)28-18-22-31(23-19-28)43-38-15-7-4-12-33(38)34-13-5-8-16-39(34)43;1-2-10-27(11-3-1)34-22-33-32-14-6-9-17-37(32)44(38(33)25-40-34)39-41-23-28(24-42-39)26-18-20-29(21-19-26)43-35-15-7-4-12-30(35)31-13-5-8-16-36(31)43/h2*1-27H;1-25H. The van der Waals surface area contributed by atoms with Crippen molar-refractivity contribution in [3.05, 3.63) is 480 Å². The Morgan fingerprint density at radius 2 is 0.379 bits per heavy atom. The number of pyridine rings is 3. The van der Waals surface area contributed by atoms with Crippen LogP contribution >= 0.6 is 0 Å². The highest BCUT2D eigenvalue weighted by atomic mass is 15.2. The lowest BCUT2D eigenvalue weighted by Crippen LogP contribution is -2.01. The lowest BCUT2D eigenvalue weighted by Gasteiger charge is -2.14. The average Bonchev–Trinajstić information content (AvgIpc) is 1.55. The van der Waals surface area contributed by atoms with Gasteiger partial charge in [-0.3, -0.25) is 14.5 Å². The Morgan fingerprint density at radius 3 is 0.720 bits per heavy atom. The van der Waals surface area contributed by atoms with Gasteiger partial charge in [-0.25, -0.2) is 15.0 Å². The maximum absolute atomic E-state index is 5.32. The number of hydrogen-bond acceptors (Lipinski definition) is 5. The van der Waals surface area contributed by atoms with Crippen LogP contribution in [0.3, 0.4) is 0 Å². The average molecular weight is 1690 g/mol. The monoisotopic (exact) mass is 1690 g/mol. The predicted molar refractivity (Wildman–Crippen MR) is 547 cm³/mol. The first-order valence-corrected chi connectivity index (χ1v) is 44.7. The summed E-state index contributed by atoms with van der Waals surface area (Å²) in [4.78, 5) is 24.7. The Labute approximate surface area is 759 Å². The van der Waals surface area contributed by atoms with Gasteiger partial charge in [-0.15, -0.1) is 0 Å². The number of benzene rings is 17. The smallest absolute Gasteiger partial charge is 0.234 e. The first-order valence-electron chi connectivity index (χ1n) is 44.7. The number of aromatic nitrogens is 11. The maximum atomic E-state index is 5.32. The summed E-state index contributed by atoms with van der Waals surface area (Å²) in [5.41, 5.74) is 32.2. The Hall–Kier alpha value is -17.9. The van der Waals surface area contributed by atoms with Crippen molar-refractivity contribution in [2.24, 2.45) is 0 Å². The van der Waals surface area contributed by atoms with E-state index in [1.54, 1.807) is 0 Å². The Balaban J connectivity index is 0.000000106. The third kappa shape index (κ3) is 13.1. The zero-order valence-corrected chi connectivity index (χ0v) is 71.5. The van der Waals surface area contributed by atoms with Gasteiger partial charge in [0, 0.05) is 133 Å². The van der Waals surface area contributed by atoms with E-state index in [-0.39, 0.29) is 0 Å². The van der Waals surface area contributed by atoms with Crippen molar-refractivity contribution in [1.29, 1.82) is 0 Å². The fourth-order valence-electron chi connectivity index (χ4n) is 19.9. The molecule has 10 heterocycles. The fraction of sp³-hybridized carbons (Fsp3) is 0. The highest BCUT2D eigenvalue weighted by molar-refractivity contribution is 6.16. The number of hydrogen-bond donors (Lipinski definition) is 0. The van der Waals surface area contributed by atoms with Crippen LogP contribution in [0.2, 0.25) is 0 Å². The molecule has 10 aromatic heterocycles. The second-order valence-corrected chi connectivity index (χ2v) is 33.5.